The summed E-state index contributed by atoms with van der Waals surface area (Å²) in [5, 5.41) is 12.5. The quantitative estimate of drug-likeness (QED) is 0.769. The first-order valence-corrected chi connectivity index (χ1v) is 6.16. The van der Waals surface area contributed by atoms with Crippen LogP contribution in [0.4, 0.5) is 5.69 Å². The van der Waals surface area contributed by atoms with E-state index >= 15 is 0 Å². The molecule has 2 aromatic rings. The Hall–Kier alpha value is -2.14. The van der Waals surface area contributed by atoms with Crippen molar-refractivity contribution in [2.45, 2.75) is 6.92 Å². The van der Waals surface area contributed by atoms with E-state index in [0.29, 0.717) is 23.4 Å². The second-order valence-electron chi connectivity index (χ2n) is 4.61. The summed E-state index contributed by atoms with van der Waals surface area (Å²) in [6.07, 6.45) is 0. The minimum absolute atomic E-state index is 0.0155. The third-order valence-corrected chi connectivity index (χ3v) is 2.90. The van der Waals surface area contributed by atoms with Crippen LogP contribution in [0.2, 0.25) is 0 Å². The van der Waals surface area contributed by atoms with Crippen LogP contribution in [-0.2, 0) is 0 Å². The fraction of sp³-hybridized carbons (Fsp3) is 0.286. The topological polar surface area (TPSA) is 88.2 Å². The Bertz CT molecular complexity index is 598. The smallest absolute Gasteiger partial charge is 0.269 e. The van der Waals surface area contributed by atoms with Gasteiger partial charge in [0.05, 0.1) is 5.52 Å². The van der Waals surface area contributed by atoms with Crippen molar-refractivity contribution in [3.63, 3.8) is 0 Å². The van der Waals surface area contributed by atoms with Crippen molar-refractivity contribution in [1.82, 2.24) is 10.3 Å². The molecule has 0 bridgehead atoms. The minimum atomic E-state index is -0.280. The third kappa shape index (κ3) is 3.00. The average Bonchev–Trinajstić information content (AvgIpc) is 2.44. The predicted octanol–water partition coefficient (Wildman–Crippen LogP) is 1.18. The third-order valence-electron chi connectivity index (χ3n) is 2.90. The number of anilines is 1. The molecule has 19 heavy (non-hydrogen) atoms. The molecule has 0 aliphatic carbocycles. The number of pyridine rings is 1. The highest BCUT2D eigenvalue weighted by atomic mass is 16.3. The van der Waals surface area contributed by atoms with Gasteiger partial charge in [-0.2, -0.15) is 0 Å². The number of aromatic nitrogens is 1. The summed E-state index contributed by atoms with van der Waals surface area (Å²) < 4.78 is 0. The van der Waals surface area contributed by atoms with E-state index in [0.717, 1.165) is 5.39 Å². The molecule has 1 aromatic heterocycles. The Morgan fingerprint density at radius 3 is 2.95 bits per heavy atom. The lowest BCUT2D eigenvalue weighted by Gasteiger charge is -2.10. The molecule has 0 aliphatic heterocycles. The molecule has 2 rings (SSSR count). The molecule has 0 radical (unpaired) electrons. The zero-order valence-electron chi connectivity index (χ0n) is 10.8. The molecule has 0 saturated carbocycles. The maximum absolute atomic E-state index is 12.0. The molecular formula is C14H17N3O2. The highest BCUT2D eigenvalue weighted by molar-refractivity contribution is 5.99. The Kier molecular flexibility index (Phi) is 3.97. The van der Waals surface area contributed by atoms with Crippen LogP contribution in [0.25, 0.3) is 10.9 Å². The first-order valence-electron chi connectivity index (χ1n) is 6.16. The number of hydrogen-bond donors (Lipinski definition) is 3. The standard InChI is InChI=1S/C14H17N3O2/c1-9(8-18)7-16-14(19)13-6-11(15)10-4-2-3-5-12(10)17-13/h2-6,9,18H,7-8H2,1H3,(H2,15,17)(H,16,19). The van der Waals surface area contributed by atoms with E-state index in [9.17, 15) is 4.79 Å². The number of hydrogen-bond acceptors (Lipinski definition) is 4. The zero-order valence-corrected chi connectivity index (χ0v) is 10.8. The summed E-state index contributed by atoms with van der Waals surface area (Å²) >= 11 is 0. The Balaban J connectivity index is 2.23. The van der Waals surface area contributed by atoms with Crippen molar-refractivity contribution in [1.29, 1.82) is 0 Å². The Morgan fingerprint density at radius 2 is 2.21 bits per heavy atom. The number of nitrogens with one attached hydrogen (secondary N) is 1. The lowest BCUT2D eigenvalue weighted by molar-refractivity contribution is 0.0937. The number of nitrogens with two attached hydrogens (primary N) is 1. The van der Waals surface area contributed by atoms with Gasteiger partial charge in [0.25, 0.3) is 5.91 Å². The molecule has 0 spiro atoms. The fourth-order valence-corrected chi connectivity index (χ4v) is 1.74. The normalized spacial score (nSPS) is 12.3. The number of nitrogen functional groups attached to an aromatic ring is 1. The zero-order chi connectivity index (χ0) is 13.8. The van der Waals surface area contributed by atoms with Crippen LogP contribution in [0.5, 0.6) is 0 Å². The van der Waals surface area contributed by atoms with Crippen LogP contribution < -0.4 is 11.1 Å². The lowest BCUT2D eigenvalue weighted by Crippen LogP contribution is -2.30. The summed E-state index contributed by atoms with van der Waals surface area (Å²) in [5.74, 6) is -0.264. The van der Waals surface area contributed by atoms with E-state index in [1.807, 2.05) is 31.2 Å². The second kappa shape index (κ2) is 5.67. The van der Waals surface area contributed by atoms with Gasteiger partial charge in [-0.15, -0.1) is 0 Å². The first kappa shape index (κ1) is 13.3. The van der Waals surface area contributed by atoms with Gasteiger partial charge in [0.15, 0.2) is 0 Å². The van der Waals surface area contributed by atoms with Crippen molar-refractivity contribution >= 4 is 22.5 Å². The van der Waals surface area contributed by atoms with Gasteiger partial charge in [0.2, 0.25) is 0 Å². The van der Waals surface area contributed by atoms with Crippen LogP contribution in [0.1, 0.15) is 17.4 Å². The Labute approximate surface area is 111 Å². The number of carbonyl (C=O) groups is 1. The Morgan fingerprint density at radius 1 is 1.47 bits per heavy atom. The first-order chi connectivity index (χ1) is 9.11. The highest BCUT2D eigenvalue weighted by Crippen LogP contribution is 2.19. The van der Waals surface area contributed by atoms with Crippen molar-refractivity contribution in [3.05, 3.63) is 36.0 Å². The van der Waals surface area contributed by atoms with Gasteiger partial charge in [0, 0.05) is 24.2 Å². The maximum Gasteiger partial charge on any atom is 0.269 e. The summed E-state index contributed by atoms with van der Waals surface area (Å²) in [6, 6.07) is 8.99. The van der Waals surface area contributed by atoms with Crippen molar-refractivity contribution in [3.8, 4) is 0 Å². The van der Waals surface area contributed by atoms with E-state index in [1.165, 1.54) is 0 Å². The van der Waals surface area contributed by atoms with Gasteiger partial charge in [-0.05, 0) is 18.1 Å². The van der Waals surface area contributed by atoms with Crippen LogP contribution in [-0.4, -0.2) is 29.1 Å². The van der Waals surface area contributed by atoms with Gasteiger partial charge < -0.3 is 16.2 Å². The molecule has 100 valence electrons. The number of rotatable bonds is 4. The predicted molar refractivity (Wildman–Crippen MR) is 74.7 cm³/mol. The van der Waals surface area contributed by atoms with E-state index in [1.54, 1.807) is 6.07 Å². The molecule has 1 unspecified atom stereocenters. The number of benzene rings is 1. The molecule has 5 nitrogen and oxygen atoms in total. The maximum atomic E-state index is 12.0. The number of fused-ring (bicyclic) bond motifs is 1. The highest BCUT2D eigenvalue weighted by Gasteiger charge is 2.11. The second-order valence-corrected chi connectivity index (χ2v) is 4.61. The van der Waals surface area contributed by atoms with Crippen LogP contribution in [0.3, 0.4) is 0 Å². The molecule has 1 aromatic carbocycles. The lowest BCUT2D eigenvalue weighted by atomic mass is 10.1. The molecular weight excluding hydrogens is 242 g/mol. The van der Waals surface area contributed by atoms with E-state index < -0.39 is 0 Å². The molecule has 4 N–H and O–H groups in total. The number of carbonyl (C=O) groups excluding carboxylic acids is 1. The van der Waals surface area contributed by atoms with Gasteiger partial charge >= 0.3 is 0 Å². The fourth-order valence-electron chi connectivity index (χ4n) is 1.74. The largest absolute Gasteiger partial charge is 0.398 e. The van der Waals surface area contributed by atoms with Gasteiger partial charge in [0.1, 0.15) is 5.69 Å². The number of aliphatic hydroxyl groups excluding tert-OH is 1. The van der Waals surface area contributed by atoms with Gasteiger partial charge in [-0.3, -0.25) is 4.79 Å². The molecule has 5 heteroatoms. The van der Waals surface area contributed by atoms with E-state index in [-0.39, 0.29) is 18.4 Å². The number of nitrogens with zero attached hydrogens (tertiary/aromatic N) is 1. The molecule has 0 fully saturated rings. The molecule has 1 heterocycles. The van der Waals surface area contributed by atoms with Crippen LogP contribution in [0, 0.1) is 5.92 Å². The summed E-state index contributed by atoms with van der Waals surface area (Å²) in [4.78, 5) is 16.2. The van der Waals surface area contributed by atoms with Crippen molar-refractivity contribution in [2.75, 3.05) is 18.9 Å². The number of amides is 1. The van der Waals surface area contributed by atoms with Gasteiger partial charge in [-0.1, -0.05) is 25.1 Å². The monoisotopic (exact) mass is 259 g/mol. The van der Waals surface area contributed by atoms with E-state index in [4.69, 9.17) is 10.8 Å². The van der Waals surface area contributed by atoms with Gasteiger partial charge in [-0.25, -0.2) is 4.98 Å². The van der Waals surface area contributed by atoms with Crippen molar-refractivity contribution < 1.29 is 9.90 Å². The minimum Gasteiger partial charge on any atom is -0.398 e. The van der Waals surface area contributed by atoms with Crippen molar-refractivity contribution in [2.24, 2.45) is 5.92 Å². The summed E-state index contributed by atoms with van der Waals surface area (Å²) in [7, 11) is 0. The number of aliphatic hydroxyl groups is 1. The average molecular weight is 259 g/mol. The molecule has 1 atom stereocenters. The van der Waals surface area contributed by atoms with E-state index in [2.05, 4.69) is 10.3 Å². The SMILES string of the molecule is CC(CO)CNC(=O)c1cc(N)c2ccccc2n1. The molecule has 0 aliphatic rings. The summed E-state index contributed by atoms with van der Waals surface area (Å²) in [6.45, 7) is 2.29. The van der Waals surface area contributed by atoms with Crippen LogP contribution in [0.15, 0.2) is 30.3 Å². The molecule has 1 amide bonds. The van der Waals surface area contributed by atoms with Crippen LogP contribution >= 0.6 is 0 Å². The number of para-hydroxylation sites is 1. The molecule has 0 saturated heterocycles. The summed E-state index contributed by atoms with van der Waals surface area (Å²) in [5.41, 5.74) is 7.44.